The molecule has 0 saturated heterocycles. The molecule has 1 aliphatic heterocycles. The summed E-state index contributed by atoms with van der Waals surface area (Å²) >= 11 is 0. The van der Waals surface area contributed by atoms with Crippen LogP contribution in [0.4, 0.5) is 0 Å². The van der Waals surface area contributed by atoms with Gasteiger partial charge in [0, 0.05) is 5.56 Å². The Morgan fingerprint density at radius 1 is 0.627 bits per heavy atom. The van der Waals surface area contributed by atoms with Crippen LogP contribution in [0, 0.1) is 11.3 Å². The molecule has 2 N–H and O–H groups in total. The van der Waals surface area contributed by atoms with E-state index in [1.165, 1.54) is 33.4 Å². The van der Waals surface area contributed by atoms with Crippen molar-refractivity contribution in [3.05, 3.63) is 214 Å². The van der Waals surface area contributed by atoms with Crippen molar-refractivity contribution in [2.45, 2.75) is 30.6 Å². The molecule has 3 unspecified atom stereocenters. The number of nitriles is 1. The average Bonchev–Trinajstić information content (AvgIpc) is 3.51. The summed E-state index contributed by atoms with van der Waals surface area (Å²) in [6.45, 7) is 0. The highest BCUT2D eigenvalue weighted by atomic mass is 15.3. The number of allylic oxidation sites excluding steroid dienone is 4. The summed E-state index contributed by atoms with van der Waals surface area (Å²) in [7, 11) is 0. The first-order chi connectivity index (χ1) is 25.2. The normalized spacial score (nSPS) is 20.3. The van der Waals surface area contributed by atoms with Gasteiger partial charge in [-0.15, -0.1) is 0 Å². The van der Waals surface area contributed by atoms with Crippen molar-refractivity contribution in [3.8, 4) is 28.3 Å². The maximum absolute atomic E-state index is 10.0. The maximum atomic E-state index is 10.0. The average molecular weight is 657 g/mol. The van der Waals surface area contributed by atoms with Crippen molar-refractivity contribution in [3.63, 3.8) is 0 Å². The van der Waals surface area contributed by atoms with Crippen LogP contribution < -0.4 is 10.6 Å². The zero-order valence-corrected chi connectivity index (χ0v) is 28.1. The molecule has 0 spiro atoms. The Kier molecular flexibility index (Phi) is 7.76. The summed E-state index contributed by atoms with van der Waals surface area (Å²) < 4.78 is 0. The molecule has 0 fully saturated rings. The van der Waals surface area contributed by atoms with Crippen LogP contribution >= 0.6 is 0 Å². The number of benzene rings is 6. The van der Waals surface area contributed by atoms with Crippen molar-refractivity contribution in [2.24, 2.45) is 4.99 Å². The smallest absolute Gasteiger partial charge is 0.131 e. The Labute approximate surface area is 299 Å². The van der Waals surface area contributed by atoms with E-state index in [0.717, 1.165) is 46.5 Å². The van der Waals surface area contributed by atoms with Gasteiger partial charge < -0.3 is 5.32 Å². The van der Waals surface area contributed by atoms with Crippen molar-refractivity contribution in [1.29, 1.82) is 5.26 Å². The molecule has 0 radical (unpaired) electrons. The lowest BCUT2D eigenvalue weighted by Crippen LogP contribution is -2.44. The van der Waals surface area contributed by atoms with Crippen LogP contribution in [0.1, 0.15) is 64.1 Å². The highest BCUT2D eigenvalue weighted by Crippen LogP contribution is 2.58. The first-order valence-corrected chi connectivity index (χ1v) is 17.7. The van der Waals surface area contributed by atoms with Gasteiger partial charge in [-0.25, -0.2) is 4.99 Å². The second-order valence-electron chi connectivity index (χ2n) is 13.4. The molecule has 0 bridgehead atoms. The predicted octanol–water partition coefficient (Wildman–Crippen LogP) is 10.2. The van der Waals surface area contributed by atoms with E-state index in [1.54, 1.807) is 0 Å². The molecule has 0 saturated carbocycles. The van der Waals surface area contributed by atoms with Crippen molar-refractivity contribution in [1.82, 2.24) is 10.6 Å². The fraction of sp³-hybridized carbons (Fsp3) is 0.106. The molecule has 3 atom stereocenters. The SMILES string of the molecule is N#Cc1ccc2c(c1)C(C1=CCCC=C1)(c1ccccc1)c1cc(-c3cccc(C4=NC(c5ccccc5)NC(c5ccccc5)N4)c3)ccc1-2. The van der Waals surface area contributed by atoms with E-state index in [4.69, 9.17) is 4.99 Å². The van der Waals surface area contributed by atoms with Gasteiger partial charge in [0.05, 0.1) is 17.0 Å². The fourth-order valence-corrected chi connectivity index (χ4v) is 8.12. The standard InChI is InChI=1S/C47H36N4/c48-31-32-24-26-40-41-27-25-36(30-43(41)47(42(40)28-32,38-20-9-3-10-21-38)39-22-11-4-12-23-39)35-18-13-19-37(29-35)46-50-44(33-14-5-1-6-15-33)49-45(51-46)34-16-7-2-8-17-34/h1-3,5-11,13-30,44-45,49H,4,12H2,(H,50,51). The van der Waals surface area contributed by atoms with Crippen molar-refractivity contribution >= 4 is 5.84 Å². The van der Waals surface area contributed by atoms with E-state index in [-0.39, 0.29) is 12.3 Å². The molecule has 0 amide bonds. The molecule has 3 aliphatic rings. The van der Waals surface area contributed by atoms with Gasteiger partial charge >= 0.3 is 0 Å². The molecule has 9 rings (SSSR count). The van der Waals surface area contributed by atoms with Gasteiger partial charge in [-0.05, 0) is 92.8 Å². The number of amidine groups is 1. The number of hydrogen-bond donors (Lipinski definition) is 2. The molecule has 6 aromatic rings. The summed E-state index contributed by atoms with van der Waals surface area (Å²) in [5.74, 6) is 0.854. The topological polar surface area (TPSA) is 60.2 Å². The minimum absolute atomic E-state index is 0.104. The first-order valence-electron chi connectivity index (χ1n) is 17.7. The monoisotopic (exact) mass is 656 g/mol. The maximum Gasteiger partial charge on any atom is 0.131 e. The molecule has 244 valence electrons. The summed E-state index contributed by atoms with van der Waals surface area (Å²) in [5.41, 5.74) is 13.0. The lowest BCUT2D eigenvalue weighted by atomic mass is 9.66. The van der Waals surface area contributed by atoms with Crippen LogP contribution in [0.5, 0.6) is 0 Å². The molecule has 6 aromatic carbocycles. The van der Waals surface area contributed by atoms with Crippen LogP contribution in [-0.2, 0) is 5.41 Å². The lowest BCUT2D eigenvalue weighted by Gasteiger charge is -2.36. The molecule has 51 heavy (non-hydrogen) atoms. The van der Waals surface area contributed by atoms with Crippen LogP contribution in [0.2, 0.25) is 0 Å². The Bertz CT molecular complexity index is 2390. The van der Waals surface area contributed by atoms with E-state index in [1.807, 2.05) is 18.2 Å². The van der Waals surface area contributed by atoms with E-state index in [9.17, 15) is 5.26 Å². The number of aliphatic imine (C=N–C) groups is 1. The number of hydrogen-bond acceptors (Lipinski definition) is 4. The van der Waals surface area contributed by atoms with Gasteiger partial charge in [0.25, 0.3) is 0 Å². The minimum Gasteiger partial charge on any atom is -0.350 e. The van der Waals surface area contributed by atoms with E-state index in [2.05, 4.69) is 168 Å². The third kappa shape index (κ3) is 5.31. The van der Waals surface area contributed by atoms with Gasteiger partial charge in [-0.2, -0.15) is 5.26 Å². The fourth-order valence-electron chi connectivity index (χ4n) is 8.12. The van der Waals surface area contributed by atoms with E-state index >= 15 is 0 Å². The van der Waals surface area contributed by atoms with E-state index < -0.39 is 5.41 Å². The molecule has 1 heterocycles. The van der Waals surface area contributed by atoms with Gasteiger partial charge in [-0.1, -0.05) is 146 Å². The molecular weight excluding hydrogens is 621 g/mol. The van der Waals surface area contributed by atoms with Gasteiger partial charge in [0.15, 0.2) is 0 Å². The highest BCUT2D eigenvalue weighted by molar-refractivity contribution is 6.00. The molecule has 2 aliphatic carbocycles. The Morgan fingerprint density at radius 3 is 2.02 bits per heavy atom. The summed E-state index contributed by atoms with van der Waals surface area (Å²) in [4.78, 5) is 5.21. The molecule has 4 heteroatoms. The van der Waals surface area contributed by atoms with Crippen molar-refractivity contribution < 1.29 is 0 Å². The van der Waals surface area contributed by atoms with Gasteiger partial charge in [0.2, 0.25) is 0 Å². The minimum atomic E-state index is -0.546. The largest absolute Gasteiger partial charge is 0.350 e. The zero-order valence-electron chi connectivity index (χ0n) is 28.1. The third-order valence-corrected chi connectivity index (χ3v) is 10.5. The predicted molar refractivity (Wildman–Crippen MR) is 206 cm³/mol. The second kappa shape index (κ2) is 12.9. The van der Waals surface area contributed by atoms with Gasteiger partial charge in [-0.3, -0.25) is 5.32 Å². The van der Waals surface area contributed by atoms with Crippen molar-refractivity contribution in [2.75, 3.05) is 0 Å². The molecular formula is C47H36N4. The van der Waals surface area contributed by atoms with Crippen LogP contribution in [-0.4, -0.2) is 5.84 Å². The summed E-state index contributed by atoms with van der Waals surface area (Å²) in [5, 5.41) is 17.4. The number of fused-ring (bicyclic) bond motifs is 3. The quantitative estimate of drug-likeness (QED) is 0.188. The third-order valence-electron chi connectivity index (χ3n) is 10.5. The highest BCUT2D eigenvalue weighted by Gasteiger charge is 2.47. The Hall–Kier alpha value is -6.28. The first kappa shape index (κ1) is 30.8. The summed E-state index contributed by atoms with van der Waals surface area (Å²) in [6, 6.07) is 55.9. The number of nitrogens with zero attached hydrogens (tertiary/aromatic N) is 2. The number of nitrogens with one attached hydrogen (secondary N) is 2. The van der Waals surface area contributed by atoms with E-state index in [0.29, 0.717) is 5.56 Å². The lowest BCUT2D eigenvalue weighted by molar-refractivity contribution is 0.409. The number of rotatable bonds is 6. The van der Waals surface area contributed by atoms with Crippen LogP contribution in [0.3, 0.4) is 0 Å². The summed E-state index contributed by atoms with van der Waals surface area (Å²) in [6.07, 6.45) is 8.70. The van der Waals surface area contributed by atoms with Gasteiger partial charge in [0.1, 0.15) is 18.2 Å². The Balaban J connectivity index is 1.19. The molecule has 4 nitrogen and oxygen atoms in total. The zero-order chi connectivity index (χ0) is 34.2. The van der Waals surface area contributed by atoms with Crippen LogP contribution in [0.15, 0.2) is 180 Å². The second-order valence-corrected chi connectivity index (χ2v) is 13.4. The Morgan fingerprint density at radius 2 is 1.29 bits per heavy atom. The van der Waals surface area contributed by atoms with Crippen LogP contribution in [0.25, 0.3) is 22.3 Å². The molecule has 0 aromatic heterocycles.